The molecule has 25 heavy (non-hydrogen) atoms. The lowest BCUT2D eigenvalue weighted by Crippen LogP contribution is -2.45. The molecule has 0 aliphatic carbocycles. The van der Waals surface area contributed by atoms with E-state index in [2.05, 4.69) is 10.3 Å². The minimum Gasteiger partial charge on any atom is -0.441 e. The molecule has 1 aromatic carbocycles. The molecular weight excluding hydrogens is 318 g/mol. The molecule has 1 aliphatic heterocycles. The largest absolute Gasteiger partial charge is 0.441 e. The van der Waals surface area contributed by atoms with Crippen molar-refractivity contribution in [1.29, 1.82) is 0 Å². The Balaban J connectivity index is 1.59. The SMILES string of the molecule is Cc1nc2cc(NC(=O)C3CCN(C(=O)C(C)(C)C)CC3)ccc2o1. The van der Waals surface area contributed by atoms with E-state index in [0.717, 1.165) is 11.2 Å². The molecule has 2 amide bonds. The molecule has 2 heterocycles. The van der Waals surface area contributed by atoms with E-state index in [1.807, 2.05) is 43.9 Å². The van der Waals surface area contributed by atoms with Crippen molar-refractivity contribution in [2.75, 3.05) is 18.4 Å². The predicted molar refractivity (Wildman–Crippen MR) is 96.1 cm³/mol. The van der Waals surface area contributed by atoms with Crippen LogP contribution in [0.25, 0.3) is 11.1 Å². The van der Waals surface area contributed by atoms with Crippen LogP contribution in [-0.2, 0) is 9.59 Å². The van der Waals surface area contributed by atoms with Crippen LogP contribution in [0, 0.1) is 18.3 Å². The number of benzene rings is 1. The summed E-state index contributed by atoms with van der Waals surface area (Å²) in [6.45, 7) is 8.85. The van der Waals surface area contributed by atoms with Gasteiger partial charge in [-0.1, -0.05) is 20.8 Å². The second-order valence-corrected chi connectivity index (χ2v) is 7.72. The molecule has 1 N–H and O–H groups in total. The van der Waals surface area contributed by atoms with Gasteiger partial charge in [0.15, 0.2) is 11.5 Å². The average molecular weight is 343 g/mol. The highest BCUT2D eigenvalue weighted by molar-refractivity contribution is 5.94. The summed E-state index contributed by atoms with van der Waals surface area (Å²) in [7, 11) is 0. The Bertz CT molecular complexity index is 796. The maximum Gasteiger partial charge on any atom is 0.227 e. The molecule has 1 saturated heterocycles. The number of aryl methyl sites for hydroxylation is 1. The van der Waals surface area contributed by atoms with Gasteiger partial charge in [-0.2, -0.15) is 0 Å². The first-order valence-corrected chi connectivity index (χ1v) is 8.71. The number of nitrogens with one attached hydrogen (secondary N) is 1. The number of oxazole rings is 1. The fourth-order valence-electron chi connectivity index (χ4n) is 3.18. The van der Waals surface area contributed by atoms with E-state index in [9.17, 15) is 9.59 Å². The molecule has 1 aliphatic rings. The van der Waals surface area contributed by atoms with Gasteiger partial charge in [-0.25, -0.2) is 4.98 Å². The highest BCUT2D eigenvalue weighted by Crippen LogP contribution is 2.25. The molecule has 0 spiro atoms. The van der Waals surface area contributed by atoms with Gasteiger partial charge in [-0.15, -0.1) is 0 Å². The van der Waals surface area contributed by atoms with E-state index in [-0.39, 0.29) is 23.1 Å². The number of anilines is 1. The van der Waals surface area contributed by atoms with Gasteiger partial charge in [0.25, 0.3) is 0 Å². The van der Waals surface area contributed by atoms with Crippen LogP contribution in [0.2, 0.25) is 0 Å². The summed E-state index contributed by atoms with van der Waals surface area (Å²) in [6, 6.07) is 5.46. The van der Waals surface area contributed by atoms with Gasteiger partial charge in [0.2, 0.25) is 11.8 Å². The summed E-state index contributed by atoms with van der Waals surface area (Å²) in [5.41, 5.74) is 1.80. The number of hydrogen-bond donors (Lipinski definition) is 1. The monoisotopic (exact) mass is 343 g/mol. The van der Waals surface area contributed by atoms with Crippen molar-refractivity contribution in [3.8, 4) is 0 Å². The van der Waals surface area contributed by atoms with Crippen LogP contribution in [-0.4, -0.2) is 34.8 Å². The van der Waals surface area contributed by atoms with Crippen LogP contribution in [0.4, 0.5) is 5.69 Å². The maximum atomic E-state index is 12.5. The first kappa shape index (κ1) is 17.5. The number of rotatable bonds is 2. The Hall–Kier alpha value is -2.37. The number of aromatic nitrogens is 1. The minimum absolute atomic E-state index is 0.00224. The molecule has 0 atom stereocenters. The third kappa shape index (κ3) is 3.83. The molecule has 134 valence electrons. The molecule has 0 bridgehead atoms. The zero-order valence-corrected chi connectivity index (χ0v) is 15.3. The van der Waals surface area contributed by atoms with Crippen molar-refractivity contribution in [3.05, 3.63) is 24.1 Å². The lowest BCUT2D eigenvalue weighted by molar-refractivity contribution is -0.142. The van der Waals surface area contributed by atoms with Crippen LogP contribution in [0.1, 0.15) is 39.5 Å². The Labute approximate surface area is 147 Å². The van der Waals surface area contributed by atoms with Crippen molar-refractivity contribution in [1.82, 2.24) is 9.88 Å². The Kier molecular flexibility index (Phi) is 4.54. The average Bonchev–Trinajstić information content (AvgIpc) is 2.92. The van der Waals surface area contributed by atoms with Crippen molar-refractivity contribution in [3.63, 3.8) is 0 Å². The van der Waals surface area contributed by atoms with E-state index in [0.29, 0.717) is 37.4 Å². The van der Waals surface area contributed by atoms with Crippen molar-refractivity contribution in [2.24, 2.45) is 11.3 Å². The van der Waals surface area contributed by atoms with Gasteiger partial charge < -0.3 is 14.6 Å². The van der Waals surface area contributed by atoms with Crippen molar-refractivity contribution in [2.45, 2.75) is 40.5 Å². The maximum absolute atomic E-state index is 12.5. The number of amides is 2. The van der Waals surface area contributed by atoms with Gasteiger partial charge in [-0.05, 0) is 31.0 Å². The molecule has 6 heteroatoms. The van der Waals surface area contributed by atoms with Gasteiger partial charge in [0.1, 0.15) is 5.52 Å². The fraction of sp³-hybridized carbons (Fsp3) is 0.526. The third-order valence-corrected chi connectivity index (χ3v) is 4.56. The third-order valence-electron chi connectivity index (χ3n) is 4.56. The van der Waals surface area contributed by atoms with Crippen LogP contribution in [0.15, 0.2) is 22.6 Å². The second kappa shape index (κ2) is 6.50. The van der Waals surface area contributed by atoms with Crippen LogP contribution < -0.4 is 5.32 Å². The van der Waals surface area contributed by atoms with Gasteiger partial charge in [-0.3, -0.25) is 9.59 Å². The number of piperidine rings is 1. The topological polar surface area (TPSA) is 75.4 Å². The smallest absolute Gasteiger partial charge is 0.227 e. The molecule has 6 nitrogen and oxygen atoms in total. The van der Waals surface area contributed by atoms with E-state index >= 15 is 0 Å². The Morgan fingerprint density at radius 1 is 1.24 bits per heavy atom. The number of hydrogen-bond acceptors (Lipinski definition) is 4. The number of nitrogens with zero attached hydrogens (tertiary/aromatic N) is 2. The number of carbonyl (C=O) groups is 2. The fourth-order valence-corrected chi connectivity index (χ4v) is 3.18. The van der Waals surface area contributed by atoms with E-state index < -0.39 is 0 Å². The lowest BCUT2D eigenvalue weighted by Gasteiger charge is -2.35. The molecule has 0 radical (unpaired) electrons. The second-order valence-electron chi connectivity index (χ2n) is 7.72. The number of likely N-dealkylation sites (tertiary alicyclic amines) is 1. The van der Waals surface area contributed by atoms with Crippen LogP contribution >= 0.6 is 0 Å². The van der Waals surface area contributed by atoms with Crippen molar-refractivity contribution >= 4 is 28.6 Å². The van der Waals surface area contributed by atoms with Crippen molar-refractivity contribution < 1.29 is 14.0 Å². The molecule has 0 unspecified atom stereocenters. The molecule has 2 aromatic rings. The predicted octanol–water partition coefficient (Wildman–Crippen LogP) is 3.36. The summed E-state index contributed by atoms with van der Waals surface area (Å²) >= 11 is 0. The zero-order valence-electron chi connectivity index (χ0n) is 15.3. The Morgan fingerprint density at radius 2 is 1.92 bits per heavy atom. The standard InChI is InChI=1S/C19H25N3O3/c1-12-20-15-11-14(5-6-16(15)25-12)21-17(23)13-7-9-22(10-8-13)18(24)19(2,3)4/h5-6,11,13H,7-10H2,1-4H3,(H,21,23). The van der Waals surface area contributed by atoms with Crippen LogP contribution in [0.5, 0.6) is 0 Å². The molecular formula is C19H25N3O3. The van der Waals surface area contributed by atoms with Gasteiger partial charge >= 0.3 is 0 Å². The highest BCUT2D eigenvalue weighted by Gasteiger charge is 2.32. The quantitative estimate of drug-likeness (QED) is 0.907. The van der Waals surface area contributed by atoms with E-state index in [4.69, 9.17) is 4.42 Å². The molecule has 1 aromatic heterocycles. The van der Waals surface area contributed by atoms with E-state index in [1.165, 1.54) is 0 Å². The zero-order chi connectivity index (χ0) is 18.2. The molecule has 3 rings (SSSR count). The first-order valence-electron chi connectivity index (χ1n) is 8.71. The summed E-state index contributed by atoms with van der Waals surface area (Å²) in [5, 5.41) is 2.96. The molecule has 0 saturated carbocycles. The van der Waals surface area contributed by atoms with Crippen LogP contribution in [0.3, 0.4) is 0 Å². The van der Waals surface area contributed by atoms with Gasteiger partial charge in [0.05, 0.1) is 0 Å². The summed E-state index contributed by atoms with van der Waals surface area (Å²) in [4.78, 5) is 31.0. The molecule has 1 fully saturated rings. The summed E-state index contributed by atoms with van der Waals surface area (Å²) < 4.78 is 5.44. The summed E-state index contributed by atoms with van der Waals surface area (Å²) in [6.07, 6.45) is 1.39. The van der Waals surface area contributed by atoms with E-state index in [1.54, 1.807) is 6.92 Å². The van der Waals surface area contributed by atoms with Gasteiger partial charge in [0, 0.05) is 37.0 Å². The minimum atomic E-state index is -0.375. The number of fused-ring (bicyclic) bond motifs is 1. The normalized spacial score (nSPS) is 16.2. The number of carbonyl (C=O) groups excluding carboxylic acids is 2. The summed E-state index contributed by atoms with van der Waals surface area (Å²) in [5.74, 6) is 0.689. The lowest BCUT2D eigenvalue weighted by atomic mass is 9.90. The first-order chi connectivity index (χ1) is 11.7. The highest BCUT2D eigenvalue weighted by atomic mass is 16.3. The Morgan fingerprint density at radius 3 is 2.56 bits per heavy atom.